The first kappa shape index (κ1) is 12.1. The van der Waals surface area contributed by atoms with E-state index in [2.05, 4.69) is 29.2 Å². The molecule has 0 amide bonds. The van der Waals surface area contributed by atoms with Gasteiger partial charge in [0.05, 0.1) is 0 Å². The van der Waals surface area contributed by atoms with Gasteiger partial charge in [-0.25, -0.2) is 0 Å². The van der Waals surface area contributed by atoms with Crippen molar-refractivity contribution in [3.05, 3.63) is 35.9 Å². The van der Waals surface area contributed by atoms with Crippen LogP contribution in [0.3, 0.4) is 0 Å². The topological polar surface area (TPSA) is 40.5 Å². The number of hydrogen-bond acceptors (Lipinski definition) is 2. The summed E-state index contributed by atoms with van der Waals surface area (Å²) in [5, 5.41) is 8.65. The fourth-order valence-electron chi connectivity index (χ4n) is 2.58. The SMILES string of the molecule is O=C(O)CCCN1CCCC1c1ccccc1. The van der Waals surface area contributed by atoms with Crippen LogP contribution in [0.1, 0.15) is 37.3 Å². The molecule has 1 aliphatic heterocycles. The largest absolute Gasteiger partial charge is 0.481 e. The molecule has 1 heterocycles. The molecule has 0 spiro atoms. The maximum atomic E-state index is 10.5. The zero-order chi connectivity index (χ0) is 12.1. The molecular weight excluding hydrogens is 214 g/mol. The second-order valence-corrected chi connectivity index (χ2v) is 4.60. The van der Waals surface area contributed by atoms with E-state index in [1.165, 1.54) is 18.4 Å². The Hall–Kier alpha value is -1.35. The predicted molar refractivity (Wildman–Crippen MR) is 66.9 cm³/mol. The number of nitrogens with zero attached hydrogens (tertiary/aromatic N) is 1. The van der Waals surface area contributed by atoms with Gasteiger partial charge < -0.3 is 5.11 Å². The van der Waals surface area contributed by atoms with Crippen molar-refractivity contribution in [3.8, 4) is 0 Å². The quantitative estimate of drug-likeness (QED) is 0.850. The second kappa shape index (κ2) is 5.82. The first-order valence-corrected chi connectivity index (χ1v) is 6.28. The summed E-state index contributed by atoms with van der Waals surface area (Å²) in [6.45, 7) is 1.99. The van der Waals surface area contributed by atoms with Crippen LogP contribution >= 0.6 is 0 Å². The van der Waals surface area contributed by atoms with Gasteiger partial charge in [-0.15, -0.1) is 0 Å². The van der Waals surface area contributed by atoms with Crippen molar-refractivity contribution in [2.24, 2.45) is 0 Å². The fraction of sp³-hybridized carbons (Fsp3) is 0.500. The normalized spacial score (nSPS) is 20.6. The van der Waals surface area contributed by atoms with Gasteiger partial charge in [0.1, 0.15) is 0 Å². The molecule has 0 aliphatic carbocycles. The summed E-state index contributed by atoms with van der Waals surface area (Å²) in [6.07, 6.45) is 3.43. The lowest BCUT2D eigenvalue weighted by molar-refractivity contribution is -0.137. The summed E-state index contributed by atoms with van der Waals surface area (Å²) in [5.74, 6) is -0.694. The first-order chi connectivity index (χ1) is 8.27. The highest BCUT2D eigenvalue weighted by atomic mass is 16.4. The van der Waals surface area contributed by atoms with Crippen molar-refractivity contribution in [2.45, 2.75) is 31.7 Å². The number of aliphatic carboxylic acids is 1. The van der Waals surface area contributed by atoms with Gasteiger partial charge in [-0.05, 0) is 37.9 Å². The highest BCUT2D eigenvalue weighted by Gasteiger charge is 2.25. The summed E-state index contributed by atoms with van der Waals surface area (Å²) in [4.78, 5) is 12.9. The zero-order valence-electron chi connectivity index (χ0n) is 10.0. The standard InChI is InChI=1S/C14H19NO2/c16-14(17)9-5-11-15-10-4-8-13(15)12-6-2-1-3-7-12/h1-3,6-7,13H,4-5,8-11H2,(H,16,17). The highest BCUT2D eigenvalue weighted by molar-refractivity contribution is 5.66. The zero-order valence-corrected chi connectivity index (χ0v) is 10.0. The van der Waals surface area contributed by atoms with Crippen LogP contribution in [0.15, 0.2) is 30.3 Å². The molecule has 1 unspecified atom stereocenters. The van der Waals surface area contributed by atoms with Crippen LogP contribution < -0.4 is 0 Å². The second-order valence-electron chi connectivity index (χ2n) is 4.60. The third-order valence-electron chi connectivity index (χ3n) is 3.38. The summed E-state index contributed by atoms with van der Waals surface area (Å²) in [6, 6.07) is 11.0. The van der Waals surface area contributed by atoms with E-state index in [1.807, 2.05) is 6.07 Å². The lowest BCUT2D eigenvalue weighted by Gasteiger charge is -2.24. The Bertz CT molecular complexity index is 364. The summed E-state index contributed by atoms with van der Waals surface area (Å²) in [7, 11) is 0. The average Bonchev–Trinajstić information content (AvgIpc) is 2.78. The number of carboxylic acids is 1. The molecule has 2 rings (SSSR count). The fourth-order valence-corrected chi connectivity index (χ4v) is 2.58. The number of carbonyl (C=O) groups is 1. The molecule has 17 heavy (non-hydrogen) atoms. The van der Waals surface area contributed by atoms with E-state index in [9.17, 15) is 4.79 Å². The molecule has 0 saturated carbocycles. The van der Waals surface area contributed by atoms with Crippen LogP contribution in [0.5, 0.6) is 0 Å². The number of carboxylic acid groups (broad SMARTS) is 1. The average molecular weight is 233 g/mol. The maximum absolute atomic E-state index is 10.5. The van der Waals surface area contributed by atoms with Crippen LogP contribution in [-0.2, 0) is 4.79 Å². The number of benzene rings is 1. The van der Waals surface area contributed by atoms with Crippen molar-refractivity contribution in [1.29, 1.82) is 0 Å². The first-order valence-electron chi connectivity index (χ1n) is 6.28. The van der Waals surface area contributed by atoms with Crippen molar-refractivity contribution in [2.75, 3.05) is 13.1 Å². The molecule has 0 radical (unpaired) electrons. The molecule has 0 aromatic heterocycles. The van der Waals surface area contributed by atoms with E-state index >= 15 is 0 Å². The van der Waals surface area contributed by atoms with E-state index in [0.29, 0.717) is 6.04 Å². The number of likely N-dealkylation sites (tertiary alicyclic amines) is 1. The van der Waals surface area contributed by atoms with Gasteiger partial charge in [0.2, 0.25) is 0 Å². The number of rotatable bonds is 5. The van der Waals surface area contributed by atoms with Gasteiger partial charge in [-0.2, -0.15) is 0 Å². The van der Waals surface area contributed by atoms with E-state index in [4.69, 9.17) is 5.11 Å². The lowest BCUT2D eigenvalue weighted by Crippen LogP contribution is -2.24. The Morgan fingerprint density at radius 2 is 2.12 bits per heavy atom. The van der Waals surface area contributed by atoms with Crippen LogP contribution in [0.4, 0.5) is 0 Å². The Morgan fingerprint density at radius 1 is 1.35 bits per heavy atom. The molecule has 3 nitrogen and oxygen atoms in total. The summed E-state index contributed by atoms with van der Waals surface area (Å²) < 4.78 is 0. The van der Waals surface area contributed by atoms with Gasteiger partial charge in [0.15, 0.2) is 0 Å². The van der Waals surface area contributed by atoms with Crippen LogP contribution in [0.2, 0.25) is 0 Å². The van der Waals surface area contributed by atoms with Gasteiger partial charge in [0, 0.05) is 12.5 Å². The molecule has 1 N–H and O–H groups in total. The monoisotopic (exact) mass is 233 g/mol. The lowest BCUT2D eigenvalue weighted by atomic mass is 10.0. The predicted octanol–water partition coefficient (Wildman–Crippen LogP) is 2.69. The molecule has 1 aromatic carbocycles. The Kier molecular flexibility index (Phi) is 4.15. The minimum absolute atomic E-state index is 0.276. The van der Waals surface area contributed by atoms with Crippen molar-refractivity contribution in [1.82, 2.24) is 4.90 Å². The maximum Gasteiger partial charge on any atom is 0.303 e. The Morgan fingerprint density at radius 3 is 2.82 bits per heavy atom. The smallest absolute Gasteiger partial charge is 0.303 e. The number of hydrogen-bond donors (Lipinski definition) is 1. The molecule has 1 atom stereocenters. The molecule has 1 saturated heterocycles. The van der Waals surface area contributed by atoms with Crippen molar-refractivity contribution in [3.63, 3.8) is 0 Å². The Labute approximate surface area is 102 Å². The summed E-state index contributed by atoms with van der Waals surface area (Å²) in [5.41, 5.74) is 1.36. The van der Waals surface area contributed by atoms with Gasteiger partial charge >= 0.3 is 5.97 Å². The van der Waals surface area contributed by atoms with Gasteiger partial charge in [-0.1, -0.05) is 30.3 Å². The van der Waals surface area contributed by atoms with E-state index in [0.717, 1.165) is 19.5 Å². The van der Waals surface area contributed by atoms with E-state index < -0.39 is 5.97 Å². The molecular formula is C14H19NO2. The van der Waals surface area contributed by atoms with E-state index in [1.54, 1.807) is 0 Å². The molecule has 0 bridgehead atoms. The van der Waals surface area contributed by atoms with Crippen LogP contribution in [0.25, 0.3) is 0 Å². The van der Waals surface area contributed by atoms with Crippen molar-refractivity contribution < 1.29 is 9.90 Å². The van der Waals surface area contributed by atoms with Gasteiger partial charge in [-0.3, -0.25) is 9.69 Å². The third kappa shape index (κ3) is 3.30. The van der Waals surface area contributed by atoms with E-state index in [-0.39, 0.29) is 6.42 Å². The third-order valence-corrected chi connectivity index (χ3v) is 3.38. The minimum Gasteiger partial charge on any atom is -0.481 e. The summed E-state index contributed by atoms with van der Waals surface area (Å²) >= 11 is 0. The highest BCUT2D eigenvalue weighted by Crippen LogP contribution is 2.31. The van der Waals surface area contributed by atoms with Crippen LogP contribution in [-0.4, -0.2) is 29.1 Å². The molecule has 3 heteroatoms. The molecule has 92 valence electrons. The molecule has 1 fully saturated rings. The molecule has 1 aromatic rings. The molecule has 1 aliphatic rings. The minimum atomic E-state index is -0.694. The Balaban J connectivity index is 1.91. The van der Waals surface area contributed by atoms with Crippen molar-refractivity contribution >= 4 is 5.97 Å². The van der Waals surface area contributed by atoms with Gasteiger partial charge in [0.25, 0.3) is 0 Å². The van der Waals surface area contributed by atoms with Crippen LogP contribution in [0, 0.1) is 0 Å².